The Kier molecular flexibility index (Phi) is 5.16. The van der Waals surface area contributed by atoms with E-state index in [-0.39, 0.29) is 22.3 Å². The van der Waals surface area contributed by atoms with Crippen molar-refractivity contribution in [2.45, 2.75) is 6.54 Å². The van der Waals surface area contributed by atoms with Crippen LogP contribution in [0.1, 0.15) is 20.8 Å². The van der Waals surface area contributed by atoms with Crippen LogP contribution in [0.15, 0.2) is 53.3 Å². The number of benzene rings is 2. The number of ether oxygens (including phenoxy) is 1. The summed E-state index contributed by atoms with van der Waals surface area (Å²) in [6, 6.07) is 12.6. The zero-order valence-corrected chi connectivity index (χ0v) is 14.8. The molecule has 0 unspecified atom stereocenters. The van der Waals surface area contributed by atoms with Gasteiger partial charge in [0.05, 0.1) is 23.7 Å². The van der Waals surface area contributed by atoms with Gasteiger partial charge >= 0.3 is 5.97 Å². The number of nitrogens with one attached hydrogen (secondary N) is 1. The molecule has 0 aliphatic carbocycles. The molecule has 3 rings (SSSR count). The van der Waals surface area contributed by atoms with Gasteiger partial charge < -0.3 is 15.8 Å². The van der Waals surface area contributed by atoms with Gasteiger partial charge in [-0.1, -0.05) is 30.3 Å². The molecule has 0 saturated carbocycles. The number of nitrogens with two attached hydrogens (primary N) is 1. The van der Waals surface area contributed by atoms with E-state index in [4.69, 9.17) is 5.73 Å². The standard InChI is InChI=1S/C19H16N4O5/c1-28-19(27)13-8-4-5-9-14(13)21-15(24)10-23-18(26)12-7-3-2-6-11(12)16(22-23)17(20)25/h2-9H,10H2,1H3,(H2,20,25)(H,21,24). The molecule has 1 aromatic heterocycles. The largest absolute Gasteiger partial charge is 0.465 e. The lowest BCUT2D eigenvalue weighted by atomic mass is 10.1. The molecular weight excluding hydrogens is 364 g/mol. The monoisotopic (exact) mass is 380 g/mol. The highest BCUT2D eigenvalue weighted by Gasteiger charge is 2.17. The summed E-state index contributed by atoms with van der Waals surface area (Å²) in [5.41, 5.74) is 5.08. The van der Waals surface area contributed by atoms with E-state index in [0.29, 0.717) is 5.39 Å². The molecule has 0 fully saturated rings. The van der Waals surface area contributed by atoms with Crippen LogP contribution in [0.3, 0.4) is 0 Å². The number of hydrogen-bond donors (Lipinski definition) is 2. The van der Waals surface area contributed by atoms with E-state index in [0.717, 1.165) is 4.68 Å². The highest BCUT2D eigenvalue weighted by Crippen LogP contribution is 2.16. The lowest BCUT2D eigenvalue weighted by Crippen LogP contribution is -2.32. The van der Waals surface area contributed by atoms with E-state index in [1.165, 1.54) is 25.3 Å². The Bertz CT molecular complexity index is 1150. The maximum atomic E-state index is 12.6. The second kappa shape index (κ2) is 7.70. The molecule has 142 valence electrons. The first-order valence-electron chi connectivity index (χ1n) is 8.19. The van der Waals surface area contributed by atoms with Crippen LogP contribution in [0.25, 0.3) is 10.8 Å². The molecular formula is C19H16N4O5. The lowest BCUT2D eigenvalue weighted by Gasteiger charge is -2.11. The van der Waals surface area contributed by atoms with Crippen LogP contribution in [0.5, 0.6) is 0 Å². The van der Waals surface area contributed by atoms with Crippen molar-refractivity contribution in [1.29, 1.82) is 0 Å². The first-order valence-corrected chi connectivity index (χ1v) is 8.19. The molecule has 0 bridgehead atoms. The minimum Gasteiger partial charge on any atom is -0.465 e. The molecule has 3 N–H and O–H groups in total. The van der Waals surface area contributed by atoms with Crippen molar-refractivity contribution in [3.8, 4) is 0 Å². The van der Waals surface area contributed by atoms with Crippen LogP contribution in [0, 0.1) is 0 Å². The second-order valence-corrected chi connectivity index (χ2v) is 5.81. The maximum Gasteiger partial charge on any atom is 0.339 e. The highest BCUT2D eigenvalue weighted by atomic mass is 16.5. The summed E-state index contributed by atoms with van der Waals surface area (Å²) < 4.78 is 5.54. The number of anilines is 1. The number of aromatic nitrogens is 2. The number of rotatable bonds is 5. The van der Waals surface area contributed by atoms with Gasteiger partial charge in [-0.05, 0) is 18.2 Å². The van der Waals surface area contributed by atoms with E-state index >= 15 is 0 Å². The number of carbonyl (C=O) groups excluding carboxylic acids is 3. The molecule has 0 saturated heterocycles. The summed E-state index contributed by atoms with van der Waals surface area (Å²) in [6.45, 7) is -0.473. The Hall–Kier alpha value is -4.01. The van der Waals surface area contributed by atoms with Gasteiger partial charge in [-0.2, -0.15) is 5.10 Å². The van der Waals surface area contributed by atoms with Crippen LogP contribution in [0.4, 0.5) is 5.69 Å². The minimum atomic E-state index is -0.818. The van der Waals surface area contributed by atoms with Gasteiger partial charge in [0.1, 0.15) is 6.54 Å². The normalized spacial score (nSPS) is 10.5. The predicted octanol–water partition coefficient (Wildman–Crippen LogP) is 0.921. The third-order valence-corrected chi connectivity index (χ3v) is 4.00. The quantitative estimate of drug-likeness (QED) is 0.632. The number of esters is 1. The summed E-state index contributed by atoms with van der Waals surface area (Å²) >= 11 is 0. The van der Waals surface area contributed by atoms with Crippen LogP contribution < -0.4 is 16.6 Å². The average Bonchev–Trinajstić information content (AvgIpc) is 2.69. The second-order valence-electron chi connectivity index (χ2n) is 5.81. The molecule has 0 spiro atoms. The SMILES string of the molecule is COC(=O)c1ccccc1NC(=O)Cn1nc(C(N)=O)c2ccccc2c1=O. The minimum absolute atomic E-state index is 0.113. The van der Waals surface area contributed by atoms with Crippen LogP contribution >= 0.6 is 0 Å². The van der Waals surface area contributed by atoms with Gasteiger partial charge in [0, 0.05) is 5.39 Å². The maximum absolute atomic E-state index is 12.6. The Morgan fingerprint density at radius 2 is 1.71 bits per heavy atom. The topological polar surface area (TPSA) is 133 Å². The smallest absolute Gasteiger partial charge is 0.339 e. The number of carbonyl (C=O) groups is 3. The van der Waals surface area contributed by atoms with Gasteiger partial charge in [-0.3, -0.25) is 14.4 Å². The molecule has 0 atom stereocenters. The fourth-order valence-electron chi connectivity index (χ4n) is 2.73. The summed E-state index contributed by atoms with van der Waals surface area (Å²) in [5.74, 6) is -2.05. The first kappa shape index (κ1) is 18.8. The van der Waals surface area contributed by atoms with Gasteiger partial charge in [-0.15, -0.1) is 0 Å². The molecule has 3 aromatic rings. The van der Waals surface area contributed by atoms with Crippen molar-refractivity contribution in [2.75, 3.05) is 12.4 Å². The van der Waals surface area contributed by atoms with Crippen LogP contribution in [-0.4, -0.2) is 34.7 Å². The molecule has 0 radical (unpaired) electrons. The van der Waals surface area contributed by atoms with Crippen LogP contribution in [0.2, 0.25) is 0 Å². The molecule has 2 amide bonds. The summed E-state index contributed by atoms with van der Waals surface area (Å²) in [5, 5.41) is 7.00. The Morgan fingerprint density at radius 3 is 2.39 bits per heavy atom. The molecule has 9 nitrogen and oxygen atoms in total. The lowest BCUT2D eigenvalue weighted by molar-refractivity contribution is -0.117. The van der Waals surface area contributed by atoms with Gasteiger partial charge in [0.15, 0.2) is 5.69 Å². The van der Waals surface area contributed by atoms with Gasteiger partial charge in [-0.25, -0.2) is 9.48 Å². The first-order chi connectivity index (χ1) is 13.4. The molecule has 9 heteroatoms. The van der Waals surface area contributed by atoms with Crippen molar-refractivity contribution in [1.82, 2.24) is 9.78 Å². The Labute approximate surface area is 158 Å². The number of amides is 2. The molecule has 28 heavy (non-hydrogen) atoms. The van der Waals surface area contributed by atoms with Crippen molar-refractivity contribution in [3.05, 3.63) is 70.1 Å². The van der Waals surface area contributed by atoms with E-state index in [1.807, 2.05) is 0 Å². The summed E-state index contributed by atoms with van der Waals surface area (Å²) in [6.07, 6.45) is 0. The van der Waals surface area contributed by atoms with Crippen LogP contribution in [-0.2, 0) is 16.1 Å². The molecule has 0 aliphatic rings. The fraction of sp³-hybridized carbons (Fsp3) is 0.105. The zero-order valence-electron chi connectivity index (χ0n) is 14.8. The van der Waals surface area contributed by atoms with Crippen molar-refractivity contribution in [2.24, 2.45) is 5.73 Å². The van der Waals surface area contributed by atoms with E-state index in [2.05, 4.69) is 15.2 Å². The highest BCUT2D eigenvalue weighted by molar-refractivity contribution is 6.04. The van der Waals surface area contributed by atoms with Gasteiger partial charge in [0.25, 0.3) is 11.5 Å². The Morgan fingerprint density at radius 1 is 1.07 bits per heavy atom. The average molecular weight is 380 g/mol. The number of para-hydroxylation sites is 1. The van der Waals surface area contributed by atoms with Crippen molar-refractivity contribution in [3.63, 3.8) is 0 Å². The molecule has 2 aromatic carbocycles. The Balaban J connectivity index is 1.95. The summed E-state index contributed by atoms with van der Waals surface area (Å²) in [7, 11) is 1.23. The van der Waals surface area contributed by atoms with Gasteiger partial charge in [0.2, 0.25) is 5.91 Å². The number of primary amides is 1. The number of nitrogens with zero attached hydrogens (tertiary/aromatic N) is 2. The van der Waals surface area contributed by atoms with Crippen molar-refractivity contribution >= 4 is 34.2 Å². The third-order valence-electron chi connectivity index (χ3n) is 4.00. The third kappa shape index (κ3) is 3.58. The van der Waals surface area contributed by atoms with E-state index in [9.17, 15) is 19.2 Å². The fourth-order valence-corrected chi connectivity index (χ4v) is 2.73. The molecule has 1 heterocycles. The van der Waals surface area contributed by atoms with E-state index < -0.39 is 29.9 Å². The number of hydrogen-bond acceptors (Lipinski definition) is 6. The predicted molar refractivity (Wildman–Crippen MR) is 101 cm³/mol. The van der Waals surface area contributed by atoms with Crippen molar-refractivity contribution < 1.29 is 19.1 Å². The summed E-state index contributed by atoms with van der Waals surface area (Å²) in [4.78, 5) is 48.5. The zero-order chi connectivity index (χ0) is 20.3. The number of methoxy groups -OCH3 is 1. The number of fused-ring (bicyclic) bond motifs is 1. The molecule has 0 aliphatic heterocycles. The van der Waals surface area contributed by atoms with E-state index in [1.54, 1.807) is 30.3 Å².